The second kappa shape index (κ2) is 9.42. The summed E-state index contributed by atoms with van der Waals surface area (Å²) in [5, 5.41) is 0.568. The van der Waals surface area contributed by atoms with Crippen LogP contribution in [0.15, 0.2) is 18.2 Å². The van der Waals surface area contributed by atoms with Crippen LogP contribution in [-0.4, -0.2) is 79.4 Å². The highest BCUT2D eigenvalue weighted by atomic mass is 35.5. The van der Waals surface area contributed by atoms with Gasteiger partial charge in [-0.25, -0.2) is 0 Å². The number of benzene rings is 1. The van der Waals surface area contributed by atoms with E-state index in [1.54, 1.807) is 7.11 Å². The number of hydrogen-bond acceptors (Lipinski definition) is 4. The number of methoxy groups -OCH3 is 1. The van der Waals surface area contributed by atoms with Crippen LogP contribution in [0.5, 0.6) is 5.75 Å². The van der Waals surface area contributed by atoms with E-state index in [1.165, 1.54) is 0 Å². The SMILES string of the molecule is COc1ccc(CCC(=O)N2CCN(CC(=O)N3CCCC3)CC2)cc1Cl. The normalized spacial score (nSPS) is 18.0. The summed E-state index contributed by atoms with van der Waals surface area (Å²) in [7, 11) is 1.59. The summed E-state index contributed by atoms with van der Waals surface area (Å²) < 4.78 is 5.15. The Balaban J connectivity index is 1.40. The van der Waals surface area contributed by atoms with Gasteiger partial charge >= 0.3 is 0 Å². The van der Waals surface area contributed by atoms with E-state index in [2.05, 4.69) is 4.90 Å². The maximum Gasteiger partial charge on any atom is 0.236 e. The van der Waals surface area contributed by atoms with E-state index in [9.17, 15) is 9.59 Å². The predicted molar refractivity (Wildman–Crippen MR) is 105 cm³/mol. The molecule has 27 heavy (non-hydrogen) atoms. The number of amides is 2. The molecule has 0 radical (unpaired) electrons. The summed E-state index contributed by atoms with van der Waals surface area (Å²) in [6.07, 6.45) is 3.37. The number of carbonyl (C=O) groups is 2. The van der Waals surface area contributed by atoms with Crippen molar-refractivity contribution >= 4 is 23.4 Å². The van der Waals surface area contributed by atoms with Crippen molar-refractivity contribution in [3.8, 4) is 5.75 Å². The molecular formula is C20H28ClN3O3. The molecule has 0 aromatic heterocycles. The number of halogens is 1. The lowest BCUT2D eigenvalue weighted by molar-refractivity contribution is -0.134. The second-order valence-corrected chi connectivity index (χ2v) is 7.62. The number of aryl methyl sites for hydroxylation is 1. The Morgan fingerprint density at radius 3 is 2.30 bits per heavy atom. The fraction of sp³-hybridized carbons (Fsp3) is 0.600. The molecule has 6 nitrogen and oxygen atoms in total. The Morgan fingerprint density at radius 1 is 1.00 bits per heavy atom. The zero-order chi connectivity index (χ0) is 19.2. The van der Waals surface area contributed by atoms with Crippen molar-refractivity contribution in [2.24, 2.45) is 0 Å². The van der Waals surface area contributed by atoms with Crippen LogP contribution >= 0.6 is 11.6 Å². The number of piperazine rings is 1. The Labute approximate surface area is 166 Å². The molecule has 7 heteroatoms. The van der Waals surface area contributed by atoms with E-state index in [-0.39, 0.29) is 11.8 Å². The minimum Gasteiger partial charge on any atom is -0.495 e. The highest BCUT2D eigenvalue weighted by Crippen LogP contribution is 2.25. The smallest absolute Gasteiger partial charge is 0.236 e. The van der Waals surface area contributed by atoms with Crippen molar-refractivity contribution in [2.75, 3.05) is 52.9 Å². The fourth-order valence-corrected chi connectivity index (χ4v) is 3.97. The number of rotatable bonds is 6. The summed E-state index contributed by atoms with van der Waals surface area (Å²) >= 11 is 6.14. The van der Waals surface area contributed by atoms with Gasteiger partial charge in [0.25, 0.3) is 0 Å². The first-order chi connectivity index (χ1) is 13.1. The molecule has 0 unspecified atom stereocenters. The minimum atomic E-state index is 0.160. The van der Waals surface area contributed by atoms with Crippen molar-refractivity contribution in [1.82, 2.24) is 14.7 Å². The summed E-state index contributed by atoms with van der Waals surface area (Å²) in [5.41, 5.74) is 1.03. The van der Waals surface area contributed by atoms with E-state index in [0.29, 0.717) is 43.2 Å². The Bertz CT molecular complexity index is 668. The van der Waals surface area contributed by atoms with Crippen LogP contribution in [0, 0.1) is 0 Å². The fourth-order valence-electron chi connectivity index (χ4n) is 3.69. The zero-order valence-electron chi connectivity index (χ0n) is 16.0. The largest absolute Gasteiger partial charge is 0.495 e. The van der Waals surface area contributed by atoms with E-state index in [0.717, 1.165) is 44.6 Å². The number of likely N-dealkylation sites (tertiary alicyclic amines) is 1. The van der Waals surface area contributed by atoms with Crippen LogP contribution in [0.4, 0.5) is 0 Å². The second-order valence-electron chi connectivity index (χ2n) is 7.21. The zero-order valence-corrected chi connectivity index (χ0v) is 16.7. The van der Waals surface area contributed by atoms with Gasteiger partial charge in [-0.2, -0.15) is 0 Å². The number of hydrogen-bond donors (Lipinski definition) is 0. The van der Waals surface area contributed by atoms with Gasteiger partial charge < -0.3 is 14.5 Å². The highest BCUT2D eigenvalue weighted by molar-refractivity contribution is 6.32. The van der Waals surface area contributed by atoms with E-state index < -0.39 is 0 Å². The van der Waals surface area contributed by atoms with Crippen molar-refractivity contribution < 1.29 is 14.3 Å². The summed E-state index contributed by atoms with van der Waals surface area (Å²) in [4.78, 5) is 30.8. The molecule has 1 aromatic rings. The molecule has 2 heterocycles. The van der Waals surface area contributed by atoms with Gasteiger partial charge in [0.05, 0.1) is 18.7 Å². The molecule has 3 rings (SSSR count). The number of ether oxygens (including phenoxy) is 1. The Morgan fingerprint density at radius 2 is 1.67 bits per heavy atom. The molecule has 0 atom stereocenters. The van der Waals surface area contributed by atoms with Gasteiger partial charge in [0.1, 0.15) is 5.75 Å². The molecule has 2 amide bonds. The third-order valence-corrected chi connectivity index (χ3v) is 5.68. The molecule has 0 bridgehead atoms. The summed E-state index contributed by atoms with van der Waals surface area (Å²) in [6.45, 7) is 5.18. The first-order valence-corrected chi connectivity index (χ1v) is 10.0. The molecule has 148 valence electrons. The van der Waals surface area contributed by atoms with Crippen LogP contribution in [0.3, 0.4) is 0 Å². The van der Waals surface area contributed by atoms with Crippen LogP contribution in [0.1, 0.15) is 24.8 Å². The summed E-state index contributed by atoms with van der Waals surface area (Å²) in [5.74, 6) is 1.03. The van der Waals surface area contributed by atoms with Crippen molar-refractivity contribution in [2.45, 2.75) is 25.7 Å². The standard InChI is InChI=1S/C20H28ClN3O3/c1-27-18-6-4-16(14-17(18)21)5-7-19(25)24-12-10-22(11-13-24)15-20(26)23-8-2-3-9-23/h4,6,14H,2-3,5,7-13,15H2,1H3. The lowest BCUT2D eigenvalue weighted by Crippen LogP contribution is -2.51. The van der Waals surface area contributed by atoms with Gasteiger partial charge in [0, 0.05) is 45.7 Å². The molecule has 1 aromatic carbocycles. The summed E-state index contributed by atoms with van der Waals surface area (Å²) in [6, 6.07) is 5.63. The molecule has 2 aliphatic heterocycles. The van der Waals surface area contributed by atoms with Crippen LogP contribution < -0.4 is 4.74 Å². The van der Waals surface area contributed by atoms with Gasteiger partial charge in [-0.1, -0.05) is 17.7 Å². The first-order valence-electron chi connectivity index (χ1n) is 9.67. The van der Waals surface area contributed by atoms with E-state index in [4.69, 9.17) is 16.3 Å². The Kier molecular flexibility index (Phi) is 6.96. The van der Waals surface area contributed by atoms with E-state index >= 15 is 0 Å². The van der Waals surface area contributed by atoms with Gasteiger partial charge in [0.15, 0.2) is 0 Å². The average Bonchev–Trinajstić information content (AvgIpc) is 3.22. The maximum absolute atomic E-state index is 12.5. The molecule has 0 spiro atoms. The Hall–Kier alpha value is -1.79. The third-order valence-electron chi connectivity index (χ3n) is 5.39. The monoisotopic (exact) mass is 393 g/mol. The topological polar surface area (TPSA) is 53.1 Å². The quantitative estimate of drug-likeness (QED) is 0.742. The molecule has 0 N–H and O–H groups in total. The average molecular weight is 394 g/mol. The van der Waals surface area contributed by atoms with E-state index in [1.807, 2.05) is 28.0 Å². The van der Waals surface area contributed by atoms with Crippen molar-refractivity contribution in [3.63, 3.8) is 0 Å². The van der Waals surface area contributed by atoms with Gasteiger partial charge in [0.2, 0.25) is 11.8 Å². The highest BCUT2D eigenvalue weighted by Gasteiger charge is 2.25. The number of carbonyl (C=O) groups excluding carboxylic acids is 2. The lowest BCUT2D eigenvalue weighted by atomic mass is 10.1. The molecule has 2 fully saturated rings. The molecular weight excluding hydrogens is 366 g/mol. The lowest BCUT2D eigenvalue weighted by Gasteiger charge is -2.35. The number of nitrogens with zero attached hydrogens (tertiary/aromatic N) is 3. The first kappa shape index (κ1) is 20.0. The van der Waals surface area contributed by atoms with Gasteiger partial charge in [-0.15, -0.1) is 0 Å². The molecule has 0 saturated carbocycles. The maximum atomic E-state index is 12.5. The molecule has 0 aliphatic carbocycles. The predicted octanol–water partition coefficient (Wildman–Crippen LogP) is 2.05. The molecule has 2 aliphatic rings. The van der Waals surface area contributed by atoms with Gasteiger partial charge in [-0.3, -0.25) is 14.5 Å². The van der Waals surface area contributed by atoms with Crippen molar-refractivity contribution in [1.29, 1.82) is 0 Å². The molecule has 2 saturated heterocycles. The van der Waals surface area contributed by atoms with Crippen molar-refractivity contribution in [3.05, 3.63) is 28.8 Å². The minimum absolute atomic E-state index is 0.160. The van der Waals surface area contributed by atoms with Crippen LogP contribution in [0.25, 0.3) is 0 Å². The van der Waals surface area contributed by atoms with Gasteiger partial charge in [-0.05, 0) is 37.0 Å². The third kappa shape index (κ3) is 5.36. The van der Waals surface area contributed by atoms with Crippen LogP contribution in [0.2, 0.25) is 5.02 Å². The van der Waals surface area contributed by atoms with Crippen LogP contribution in [-0.2, 0) is 16.0 Å².